The smallest absolute Gasteiger partial charge is 0.239 e. The molecule has 3 rings (SSSR count). The summed E-state index contributed by atoms with van der Waals surface area (Å²) in [5, 5.41) is 2.16. The summed E-state index contributed by atoms with van der Waals surface area (Å²) in [6, 6.07) is 6.05. The maximum atomic E-state index is 5.92. The van der Waals surface area contributed by atoms with Gasteiger partial charge in [-0.25, -0.2) is 0 Å². The molecule has 2 aromatic rings. The molecule has 0 saturated carbocycles. The molecule has 106 valence electrons. The molecule has 0 fully saturated rings. The van der Waals surface area contributed by atoms with E-state index in [1.165, 1.54) is 10.4 Å². The number of ether oxygens (including phenoxy) is 1. The van der Waals surface area contributed by atoms with Gasteiger partial charge >= 0.3 is 0 Å². The Morgan fingerprint density at radius 1 is 1.35 bits per heavy atom. The van der Waals surface area contributed by atoms with Crippen LogP contribution in [0.2, 0.25) is 0 Å². The number of aromatic nitrogens is 1. The Morgan fingerprint density at radius 3 is 3.00 bits per heavy atom. The third-order valence-electron chi connectivity index (χ3n) is 3.35. The van der Waals surface area contributed by atoms with Crippen molar-refractivity contribution in [3.63, 3.8) is 0 Å². The first-order chi connectivity index (χ1) is 9.63. The molecule has 0 atom stereocenters. The van der Waals surface area contributed by atoms with Crippen molar-refractivity contribution in [3.05, 3.63) is 34.0 Å². The minimum atomic E-state index is 0.0740. The zero-order valence-corrected chi connectivity index (χ0v) is 12.6. The Labute approximate surface area is 123 Å². The summed E-state index contributed by atoms with van der Waals surface area (Å²) >= 11 is 1.84. The van der Waals surface area contributed by atoms with Crippen molar-refractivity contribution in [2.45, 2.75) is 32.9 Å². The van der Waals surface area contributed by atoms with E-state index in [-0.39, 0.29) is 6.10 Å². The van der Waals surface area contributed by atoms with Crippen LogP contribution < -0.4 is 15.4 Å². The molecule has 20 heavy (non-hydrogen) atoms. The Hall–Kier alpha value is -1.75. The lowest BCUT2D eigenvalue weighted by atomic mass is 10.1. The highest BCUT2D eigenvalue weighted by atomic mass is 32.1. The van der Waals surface area contributed by atoms with Gasteiger partial charge in [0.05, 0.1) is 11.8 Å². The van der Waals surface area contributed by atoms with Gasteiger partial charge in [0.2, 0.25) is 5.88 Å². The summed E-state index contributed by atoms with van der Waals surface area (Å²) < 4.78 is 5.67. The zero-order chi connectivity index (χ0) is 14.1. The molecule has 0 unspecified atom stereocenters. The number of nitrogens with zero attached hydrogens (tertiary/aromatic N) is 2. The van der Waals surface area contributed by atoms with Gasteiger partial charge in [0.25, 0.3) is 0 Å². The first kappa shape index (κ1) is 13.2. The van der Waals surface area contributed by atoms with Gasteiger partial charge in [0.15, 0.2) is 0 Å². The summed E-state index contributed by atoms with van der Waals surface area (Å²) in [6.07, 6.45) is 1.16. The summed E-state index contributed by atoms with van der Waals surface area (Å²) in [7, 11) is 0. The second-order valence-electron chi connectivity index (χ2n) is 5.27. The van der Waals surface area contributed by atoms with Crippen molar-refractivity contribution in [1.29, 1.82) is 0 Å². The summed E-state index contributed by atoms with van der Waals surface area (Å²) in [4.78, 5) is 8.35. The first-order valence-corrected chi connectivity index (χ1v) is 7.75. The van der Waals surface area contributed by atoms with E-state index in [0.29, 0.717) is 11.6 Å². The Morgan fingerprint density at radius 2 is 2.20 bits per heavy atom. The standard InChI is InChI=1S/C15H19N3OS/c1-10(2)19-15-12(16)3-4-14(17-15)18-7-5-13-11(9-18)6-8-20-13/h3-4,6,8,10H,5,7,9,16H2,1-2H3. The van der Waals surface area contributed by atoms with Gasteiger partial charge in [-0.15, -0.1) is 11.3 Å². The van der Waals surface area contributed by atoms with E-state index >= 15 is 0 Å². The zero-order valence-electron chi connectivity index (χ0n) is 11.8. The van der Waals surface area contributed by atoms with E-state index in [1.54, 1.807) is 0 Å². The summed E-state index contributed by atoms with van der Waals surface area (Å²) in [5.74, 6) is 1.47. The fourth-order valence-electron chi connectivity index (χ4n) is 2.38. The average molecular weight is 289 g/mol. The normalized spacial score (nSPS) is 14.4. The van der Waals surface area contributed by atoms with Gasteiger partial charge in [-0.05, 0) is 49.4 Å². The van der Waals surface area contributed by atoms with Gasteiger partial charge in [-0.3, -0.25) is 0 Å². The van der Waals surface area contributed by atoms with Gasteiger partial charge in [-0.1, -0.05) is 0 Å². The number of hydrogen-bond acceptors (Lipinski definition) is 5. The van der Waals surface area contributed by atoms with Crippen LogP contribution in [0.1, 0.15) is 24.3 Å². The van der Waals surface area contributed by atoms with E-state index in [9.17, 15) is 0 Å². The van der Waals surface area contributed by atoms with Gasteiger partial charge in [0.1, 0.15) is 5.82 Å². The second-order valence-corrected chi connectivity index (χ2v) is 6.27. The topological polar surface area (TPSA) is 51.4 Å². The quantitative estimate of drug-likeness (QED) is 0.943. The third kappa shape index (κ3) is 2.58. The number of hydrogen-bond donors (Lipinski definition) is 1. The molecule has 0 aromatic carbocycles. The second kappa shape index (κ2) is 5.32. The molecular formula is C15H19N3OS. The van der Waals surface area contributed by atoms with Crippen molar-refractivity contribution in [3.8, 4) is 5.88 Å². The summed E-state index contributed by atoms with van der Waals surface area (Å²) in [5.41, 5.74) is 7.92. The van der Waals surface area contributed by atoms with Crippen LogP contribution in [0.4, 0.5) is 11.5 Å². The molecule has 0 spiro atoms. The lowest BCUT2D eigenvalue weighted by molar-refractivity contribution is 0.234. The van der Waals surface area contributed by atoms with Crippen LogP contribution >= 0.6 is 11.3 Å². The van der Waals surface area contributed by atoms with Crippen LogP contribution in [0.25, 0.3) is 0 Å². The molecular weight excluding hydrogens is 270 g/mol. The maximum absolute atomic E-state index is 5.92. The van der Waals surface area contributed by atoms with Gasteiger partial charge in [-0.2, -0.15) is 4.98 Å². The Balaban J connectivity index is 1.84. The molecule has 1 aliphatic heterocycles. The predicted molar refractivity (Wildman–Crippen MR) is 83.5 cm³/mol. The van der Waals surface area contributed by atoms with Crippen molar-refractivity contribution >= 4 is 22.8 Å². The van der Waals surface area contributed by atoms with Crippen molar-refractivity contribution < 1.29 is 4.74 Å². The molecule has 0 radical (unpaired) electrons. The molecule has 1 aliphatic rings. The molecule has 3 heterocycles. The lowest BCUT2D eigenvalue weighted by Crippen LogP contribution is -2.30. The molecule has 5 heteroatoms. The Bertz CT molecular complexity index is 609. The van der Waals surface area contributed by atoms with E-state index < -0.39 is 0 Å². The monoisotopic (exact) mass is 289 g/mol. The molecule has 0 aliphatic carbocycles. The van der Waals surface area contributed by atoms with Crippen LogP contribution in [-0.4, -0.2) is 17.6 Å². The highest BCUT2D eigenvalue weighted by molar-refractivity contribution is 7.10. The highest BCUT2D eigenvalue weighted by Crippen LogP contribution is 2.29. The number of fused-ring (bicyclic) bond motifs is 1. The number of pyridine rings is 1. The minimum Gasteiger partial charge on any atom is -0.473 e. The van der Waals surface area contributed by atoms with E-state index in [0.717, 1.165) is 25.3 Å². The van der Waals surface area contributed by atoms with Crippen LogP contribution in [-0.2, 0) is 13.0 Å². The van der Waals surface area contributed by atoms with Gasteiger partial charge < -0.3 is 15.4 Å². The number of nitrogen functional groups attached to an aromatic ring is 1. The minimum absolute atomic E-state index is 0.0740. The van der Waals surface area contributed by atoms with Crippen LogP contribution in [0.5, 0.6) is 5.88 Å². The molecule has 0 amide bonds. The van der Waals surface area contributed by atoms with Gasteiger partial charge in [0, 0.05) is 18.0 Å². The average Bonchev–Trinajstić information content (AvgIpc) is 2.88. The number of rotatable bonds is 3. The third-order valence-corrected chi connectivity index (χ3v) is 4.38. The van der Waals surface area contributed by atoms with E-state index in [1.807, 2.05) is 37.3 Å². The highest BCUT2D eigenvalue weighted by Gasteiger charge is 2.19. The first-order valence-electron chi connectivity index (χ1n) is 6.87. The molecule has 2 aromatic heterocycles. The SMILES string of the molecule is CC(C)Oc1nc(N2CCc3sccc3C2)ccc1N. The maximum Gasteiger partial charge on any atom is 0.239 e. The van der Waals surface area contributed by atoms with Crippen molar-refractivity contribution in [2.24, 2.45) is 0 Å². The number of thiophene rings is 1. The van der Waals surface area contributed by atoms with Crippen molar-refractivity contribution in [1.82, 2.24) is 4.98 Å². The molecule has 2 N–H and O–H groups in total. The predicted octanol–water partition coefficient (Wildman–Crippen LogP) is 3.08. The molecule has 0 saturated heterocycles. The largest absolute Gasteiger partial charge is 0.473 e. The van der Waals surface area contributed by atoms with Crippen LogP contribution in [0, 0.1) is 0 Å². The van der Waals surface area contributed by atoms with Crippen molar-refractivity contribution in [2.75, 3.05) is 17.2 Å². The fourth-order valence-corrected chi connectivity index (χ4v) is 3.27. The number of anilines is 2. The Kier molecular flexibility index (Phi) is 3.53. The summed E-state index contributed by atoms with van der Waals surface area (Å²) in [6.45, 7) is 5.86. The molecule has 0 bridgehead atoms. The van der Waals surface area contributed by atoms with Crippen LogP contribution in [0.3, 0.4) is 0 Å². The van der Waals surface area contributed by atoms with E-state index in [2.05, 4.69) is 21.3 Å². The van der Waals surface area contributed by atoms with Crippen LogP contribution in [0.15, 0.2) is 23.6 Å². The van der Waals surface area contributed by atoms with E-state index in [4.69, 9.17) is 10.5 Å². The fraction of sp³-hybridized carbons (Fsp3) is 0.400. The lowest BCUT2D eigenvalue weighted by Gasteiger charge is -2.28. The molecule has 4 nitrogen and oxygen atoms in total. The number of nitrogens with two attached hydrogens (primary N) is 1.